The van der Waals surface area contributed by atoms with Gasteiger partial charge in [0.15, 0.2) is 0 Å². The Morgan fingerprint density at radius 2 is 1.85 bits per heavy atom. The summed E-state index contributed by atoms with van der Waals surface area (Å²) in [5, 5.41) is 3.71. The fourth-order valence-corrected chi connectivity index (χ4v) is 3.69. The van der Waals surface area contributed by atoms with E-state index in [2.05, 4.69) is 19.2 Å². The quantitative estimate of drug-likeness (QED) is 0.807. The highest BCUT2D eigenvalue weighted by Crippen LogP contribution is 2.30. The molecule has 142 valence electrons. The van der Waals surface area contributed by atoms with Crippen molar-refractivity contribution in [2.24, 2.45) is 5.92 Å². The van der Waals surface area contributed by atoms with E-state index in [4.69, 9.17) is 11.6 Å². The summed E-state index contributed by atoms with van der Waals surface area (Å²) < 4.78 is 0. The van der Waals surface area contributed by atoms with Gasteiger partial charge in [-0.25, -0.2) is 0 Å². The first-order chi connectivity index (χ1) is 12.9. The molecule has 27 heavy (non-hydrogen) atoms. The van der Waals surface area contributed by atoms with Crippen LogP contribution in [0.2, 0.25) is 5.02 Å². The van der Waals surface area contributed by atoms with E-state index in [0.717, 1.165) is 40.9 Å². The summed E-state index contributed by atoms with van der Waals surface area (Å²) in [5.41, 5.74) is 4.85. The third kappa shape index (κ3) is 4.01. The molecule has 3 rings (SSSR count). The molecule has 2 aromatic carbocycles. The Bertz CT molecular complexity index is 856. The maximum Gasteiger partial charge on any atom is 0.229 e. The number of para-hydroxylation sites is 1. The number of halogens is 1. The lowest BCUT2D eigenvalue weighted by molar-refractivity contribution is -0.122. The summed E-state index contributed by atoms with van der Waals surface area (Å²) in [6.45, 7) is 6.45. The van der Waals surface area contributed by atoms with Gasteiger partial charge in [0.05, 0.1) is 5.92 Å². The Morgan fingerprint density at radius 3 is 2.44 bits per heavy atom. The molecular formula is C22H25ClN2O2. The van der Waals surface area contributed by atoms with Gasteiger partial charge in [-0.2, -0.15) is 0 Å². The number of amides is 2. The second-order valence-electron chi connectivity index (χ2n) is 6.99. The van der Waals surface area contributed by atoms with Crippen LogP contribution in [0, 0.1) is 12.8 Å². The smallest absolute Gasteiger partial charge is 0.229 e. The van der Waals surface area contributed by atoms with E-state index in [1.807, 2.05) is 37.3 Å². The zero-order chi connectivity index (χ0) is 19.6. The first-order valence-corrected chi connectivity index (χ1v) is 9.80. The third-order valence-corrected chi connectivity index (χ3v) is 5.62. The van der Waals surface area contributed by atoms with E-state index >= 15 is 0 Å². The highest BCUT2D eigenvalue weighted by atomic mass is 35.5. The summed E-state index contributed by atoms with van der Waals surface area (Å²) in [6, 6.07) is 11.7. The molecule has 1 atom stereocenters. The van der Waals surface area contributed by atoms with Crippen LogP contribution in [-0.2, 0) is 22.4 Å². The van der Waals surface area contributed by atoms with E-state index in [-0.39, 0.29) is 24.2 Å². The van der Waals surface area contributed by atoms with Crippen LogP contribution in [0.3, 0.4) is 0 Å². The van der Waals surface area contributed by atoms with Crippen molar-refractivity contribution in [2.75, 3.05) is 16.8 Å². The van der Waals surface area contributed by atoms with Crippen LogP contribution >= 0.6 is 11.6 Å². The number of nitrogens with zero attached hydrogens (tertiary/aromatic N) is 1. The Balaban J connectivity index is 1.78. The topological polar surface area (TPSA) is 49.4 Å². The lowest BCUT2D eigenvalue weighted by Gasteiger charge is -2.19. The van der Waals surface area contributed by atoms with Gasteiger partial charge >= 0.3 is 0 Å². The van der Waals surface area contributed by atoms with Crippen LogP contribution in [0.5, 0.6) is 0 Å². The van der Waals surface area contributed by atoms with Crippen molar-refractivity contribution in [1.82, 2.24) is 0 Å². The van der Waals surface area contributed by atoms with Crippen LogP contribution in [0.4, 0.5) is 11.4 Å². The van der Waals surface area contributed by atoms with Crippen LogP contribution in [0.1, 0.15) is 37.0 Å². The van der Waals surface area contributed by atoms with Gasteiger partial charge in [-0.1, -0.05) is 49.7 Å². The number of nitrogens with one attached hydrogen (secondary N) is 1. The molecule has 0 aliphatic carbocycles. The number of hydrogen-bond acceptors (Lipinski definition) is 2. The van der Waals surface area contributed by atoms with Gasteiger partial charge in [0.2, 0.25) is 11.8 Å². The Labute approximate surface area is 165 Å². The Hall–Kier alpha value is -2.33. The number of hydrogen-bond donors (Lipinski definition) is 1. The Morgan fingerprint density at radius 1 is 1.19 bits per heavy atom. The molecule has 1 aliphatic heterocycles. The molecule has 0 bridgehead atoms. The zero-order valence-corrected chi connectivity index (χ0v) is 16.8. The monoisotopic (exact) mass is 384 g/mol. The van der Waals surface area contributed by atoms with Gasteiger partial charge in [0.25, 0.3) is 0 Å². The minimum absolute atomic E-state index is 0.0467. The molecule has 0 saturated carbocycles. The number of rotatable bonds is 5. The number of anilines is 2. The molecule has 1 aliphatic rings. The number of carbonyl (C=O) groups is 2. The van der Waals surface area contributed by atoms with Gasteiger partial charge in [-0.3, -0.25) is 9.59 Å². The molecule has 2 amide bonds. The van der Waals surface area contributed by atoms with E-state index < -0.39 is 0 Å². The molecular weight excluding hydrogens is 360 g/mol. The minimum Gasteiger partial charge on any atom is -0.325 e. The van der Waals surface area contributed by atoms with Gasteiger partial charge < -0.3 is 10.2 Å². The van der Waals surface area contributed by atoms with Crippen LogP contribution in [0.25, 0.3) is 0 Å². The van der Waals surface area contributed by atoms with Crippen molar-refractivity contribution in [3.63, 3.8) is 0 Å². The zero-order valence-electron chi connectivity index (χ0n) is 16.0. The summed E-state index contributed by atoms with van der Waals surface area (Å²) in [5.74, 6) is -0.513. The van der Waals surface area contributed by atoms with Crippen molar-refractivity contribution in [2.45, 2.75) is 40.0 Å². The van der Waals surface area contributed by atoms with Gasteiger partial charge in [-0.15, -0.1) is 0 Å². The van der Waals surface area contributed by atoms with Gasteiger partial charge in [-0.05, 0) is 48.6 Å². The molecule has 1 N–H and O–H groups in total. The van der Waals surface area contributed by atoms with Crippen LogP contribution < -0.4 is 10.2 Å². The second-order valence-corrected chi connectivity index (χ2v) is 7.39. The maximum absolute atomic E-state index is 12.9. The highest BCUT2D eigenvalue weighted by Gasteiger charge is 2.35. The van der Waals surface area contributed by atoms with E-state index in [9.17, 15) is 9.59 Å². The van der Waals surface area contributed by atoms with Crippen molar-refractivity contribution in [1.29, 1.82) is 0 Å². The lowest BCUT2D eigenvalue weighted by atomic mass is 10.0. The molecule has 5 heteroatoms. The molecule has 1 heterocycles. The fourth-order valence-electron chi connectivity index (χ4n) is 3.51. The minimum atomic E-state index is -0.368. The molecule has 0 unspecified atom stereocenters. The molecule has 4 nitrogen and oxygen atoms in total. The van der Waals surface area contributed by atoms with Crippen molar-refractivity contribution in [3.8, 4) is 0 Å². The summed E-state index contributed by atoms with van der Waals surface area (Å²) >= 11 is 6.20. The van der Waals surface area contributed by atoms with Gasteiger partial charge in [0.1, 0.15) is 0 Å². The highest BCUT2D eigenvalue weighted by molar-refractivity contribution is 6.31. The normalized spacial score (nSPS) is 16.7. The first kappa shape index (κ1) is 19.4. The average molecular weight is 385 g/mol. The van der Waals surface area contributed by atoms with Crippen LogP contribution in [-0.4, -0.2) is 18.4 Å². The van der Waals surface area contributed by atoms with E-state index in [1.54, 1.807) is 11.0 Å². The largest absolute Gasteiger partial charge is 0.325 e. The van der Waals surface area contributed by atoms with Gasteiger partial charge in [0, 0.05) is 29.4 Å². The number of benzene rings is 2. The predicted octanol–water partition coefficient (Wildman–Crippen LogP) is 4.76. The first-order valence-electron chi connectivity index (χ1n) is 9.42. The molecule has 1 saturated heterocycles. The fraction of sp³-hybridized carbons (Fsp3) is 0.364. The third-order valence-electron chi connectivity index (χ3n) is 5.21. The molecule has 0 aromatic heterocycles. The molecule has 2 aromatic rings. The summed E-state index contributed by atoms with van der Waals surface area (Å²) in [6.07, 6.45) is 1.91. The average Bonchev–Trinajstić information content (AvgIpc) is 3.06. The van der Waals surface area contributed by atoms with Crippen molar-refractivity contribution < 1.29 is 9.59 Å². The maximum atomic E-state index is 12.9. The summed E-state index contributed by atoms with van der Waals surface area (Å²) in [7, 11) is 0. The van der Waals surface area contributed by atoms with E-state index in [1.165, 1.54) is 0 Å². The van der Waals surface area contributed by atoms with Crippen molar-refractivity contribution >= 4 is 34.8 Å². The number of aryl methyl sites for hydroxylation is 3. The standard InChI is InChI=1S/C22H25ClN2O2/c1-4-15-7-6-8-16(5-2)21(15)24-22(27)17-11-20(26)25(13-17)18-10-9-14(3)19(23)12-18/h6-10,12,17H,4-5,11,13H2,1-3H3,(H,24,27)/t17-/m0/s1. The molecule has 1 fully saturated rings. The van der Waals surface area contributed by atoms with E-state index in [0.29, 0.717) is 11.6 Å². The van der Waals surface area contributed by atoms with Crippen molar-refractivity contribution in [3.05, 3.63) is 58.1 Å². The Kier molecular flexibility index (Phi) is 5.85. The predicted molar refractivity (Wildman–Crippen MR) is 110 cm³/mol. The lowest BCUT2D eigenvalue weighted by Crippen LogP contribution is -2.28. The summed E-state index contributed by atoms with van der Waals surface area (Å²) in [4.78, 5) is 27.0. The molecule has 0 radical (unpaired) electrons. The molecule has 0 spiro atoms. The second kappa shape index (κ2) is 8.13. The number of carbonyl (C=O) groups excluding carboxylic acids is 2. The SMILES string of the molecule is CCc1cccc(CC)c1NC(=O)[C@H]1CC(=O)N(c2ccc(C)c(Cl)c2)C1. The van der Waals surface area contributed by atoms with Crippen LogP contribution in [0.15, 0.2) is 36.4 Å².